The van der Waals surface area contributed by atoms with Gasteiger partial charge < -0.3 is 24.8 Å². The van der Waals surface area contributed by atoms with Crippen LogP contribution in [0.1, 0.15) is 23.7 Å². The predicted molar refractivity (Wildman–Crippen MR) is 99.4 cm³/mol. The summed E-state index contributed by atoms with van der Waals surface area (Å²) in [5, 5.41) is 5.54. The molecule has 0 saturated carbocycles. The Morgan fingerprint density at radius 3 is 1.77 bits per heavy atom. The van der Waals surface area contributed by atoms with Crippen molar-refractivity contribution < 1.29 is 23.8 Å². The number of carbonyl (C=O) groups is 2. The van der Waals surface area contributed by atoms with Crippen LogP contribution in [0, 0.1) is 0 Å². The molecule has 0 bridgehead atoms. The molecule has 2 aromatic rings. The highest BCUT2D eigenvalue weighted by Crippen LogP contribution is 2.38. The highest BCUT2D eigenvalue weighted by molar-refractivity contribution is 6.05. The number of methoxy groups -OCH3 is 3. The molecule has 2 N–H and O–H groups in total. The van der Waals surface area contributed by atoms with Gasteiger partial charge in [-0.05, 0) is 36.4 Å². The molecule has 0 spiro atoms. The molecule has 0 fully saturated rings. The molecular weight excluding hydrogens is 336 g/mol. The zero-order chi connectivity index (χ0) is 19.1. The fourth-order valence-electron chi connectivity index (χ4n) is 2.30. The fourth-order valence-corrected chi connectivity index (χ4v) is 2.30. The molecule has 7 heteroatoms. The average Bonchev–Trinajstić information content (AvgIpc) is 2.67. The minimum Gasteiger partial charge on any atom is -0.493 e. The Hall–Kier alpha value is -3.22. The number of hydrogen-bond donors (Lipinski definition) is 2. The Morgan fingerprint density at radius 1 is 0.846 bits per heavy atom. The topological polar surface area (TPSA) is 85.9 Å². The van der Waals surface area contributed by atoms with E-state index in [0.717, 1.165) is 0 Å². The molecule has 0 aliphatic heterocycles. The van der Waals surface area contributed by atoms with E-state index in [1.54, 1.807) is 43.3 Å². The summed E-state index contributed by atoms with van der Waals surface area (Å²) < 4.78 is 15.8. The lowest BCUT2D eigenvalue weighted by atomic mass is 10.1. The monoisotopic (exact) mass is 358 g/mol. The third-order valence-corrected chi connectivity index (χ3v) is 3.67. The van der Waals surface area contributed by atoms with Gasteiger partial charge in [-0.2, -0.15) is 0 Å². The zero-order valence-corrected chi connectivity index (χ0v) is 15.2. The van der Waals surface area contributed by atoms with Gasteiger partial charge in [-0.25, -0.2) is 0 Å². The first kappa shape index (κ1) is 19.1. The van der Waals surface area contributed by atoms with E-state index < -0.39 is 0 Å². The molecule has 0 atom stereocenters. The van der Waals surface area contributed by atoms with Crippen molar-refractivity contribution in [2.24, 2.45) is 0 Å². The van der Waals surface area contributed by atoms with Gasteiger partial charge in [-0.15, -0.1) is 0 Å². The summed E-state index contributed by atoms with van der Waals surface area (Å²) in [6.07, 6.45) is 0.402. The smallest absolute Gasteiger partial charge is 0.255 e. The van der Waals surface area contributed by atoms with E-state index >= 15 is 0 Å². The molecule has 0 heterocycles. The number of rotatable bonds is 7. The molecule has 0 saturated heterocycles. The summed E-state index contributed by atoms with van der Waals surface area (Å²) in [5.74, 6) is 0.820. The highest BCUT2D eigenvalue weighted by Gasteiger charge is 2.17. The molecule has 0 aromatic heterocycles. The van der Waals surface area contributed by atoms with Crippen molar-refractivity contribution in [2.45, 2.75) is 13.3 Å². The summed E-state index contributed by atoms with van der Waals surface area (Å²) in [7, 11) is 4.48. The third kappa shape index (κ3) is 4.44. The summed E-state index contributed by atoms with van der Waals surface area (Å²) in [6.45, 7) is 1.78. The largest absolute Gasteiger partial charge is 0.493 e. The maximum Gasteiger partial charge on any atom is 0.255 e. The minimum absolute atomic E-state index is 0.0702. The number of nitrogens with one attached hydrogen (secondary N) is 2. The lowest BCUT2D eigenvalue weighted by Crippen LogP contribution is -2.13. The molecule has 7 nitrogen and oxygen atoms in total. The molecule has 2 amide bonds. The van der Waals surface area contributed by atoms with Crippen molar-refractivity contribution in [3.05, 3.63) is 42.0 Å². The van der Waals surface area contributed by atoms with Gasteiger partial charge in [-0.3, -0.25) is 9.59 Å². The van der Waals surface area contributed by atoms with Crippen LogP contribution in [0.15, 0.2) is 36.4 Å². The van der Waals surface area contributed by atoms with Crippen molar-refractivity contribution in [1.82, 2.24) is 0 Å². The number of anilines is 2. The minimum atomic E-state index is -0.324. The Bertz CT molecular complexity index is 762. The van der Waals surface area contributed by atoms with Gasteiger partial charge in [0, 0.05) is 23.4 Å². The SMILES string of the molecule is CCC(=O)Nc1ccc(NC(=O)c2cc(OC)c(OC)c(OC)c2)cc1. The second-order valence-electron chi connectivity index (χ2n) is 5.35. The Morgan fingerprint density at radius 2 is 1.35 bits per heavy atom. The van der Waals surface area contributed by atoms with Gasteiger partial charge in [0.1, 0.15) is 0 Å². The first-order chi connectivity index (χ1) is 12.5. The van der Waals surface area contributed by atoms with Crippen molar-refractivity contribution in [3.8, 4) is 17.2 Å². The van der Waals surface area contributed by atoms with E-state index in [1.807, 2.05) is 0 Å². The lowest BCUT2D eigenvalue weighted by molar-refractivity contribution is -0.115. The van der Waals surface area contributed by atoms with E-state index in [0.29, 0.717) is 40.6 Å². The van der Waals surface area contributed by atoms with Crippen LogP contribution in [0.2, 0.25) is 0 Å². The van der Waals surface area contributed by atoms with E-state index in [2.05, 4.69) is 10.6 Å². The van der Waals surface area contributed by atoms with Crippen LogP contribution in [0.3, 0.4) is 0 Å². The van der Waals surface area contributed by atoms with Crippen LogP contribution in [-0.2, 0) is 4.79 Å². The van der Waals surface area contributed by atoms with Gasteiger partial charge in [0.15, 0.2) is 11.5 Å². The highest BCUT2D eigenvalue weighted by atomic mass is 16.5. The van der Waals surface area contributed by atoms with E-state index in [9.17, 15) is 9.59 Å². The number of ether oxygens (including phenoxy) is 3. The number of hydrogen-bond acceptors (Lipinski definition) is 5. The van der Waals surface area contributed by atoms with Crippen LogP contribution in [0.25, 0.3) is 0 Å². The van der Waals surface area contributed by atoms with Crippen molar-refractivity contribution >= 4 is 23.2 Å². The van der Waals surface area contributed by atoms with Crippen LogP contribution in [0.5, 0.6) is 17.2 Å². The average molecular weight is 358 g/mol. The normalized spacial score (nSPS) is 10.0. The molecule has 0 aliphatic carbocycles. The molecule has 0 radical (unpaired) electrons. The van der Waals surface area contributed by atoms with Gasteiger partial charge in [0.25, 0.3) is 5.91 Å². The lowest BCUT2D eigenvalue weighted by Gasteiger charge is -2.14. The van der Waals surface area contributed by atoms with Crippen LogP contribution in [0.4, 0.5) is 11.4 Å². The van der Waals surface area contributed by atoms with Crippen molar-refractivity contribution in [2.75, 3.05) is 32.0 Å². The fraction of sp³-hybridized carbons (Fsp3) is 0.263. The maximum atomic E-state index is 12.5. The number of carbonyl (C=O) groups excluding carboxylic acids is 2. The summed E-state index contributed by atoms with van der Waals surface area (Å²) in [6, 6.07) is 10.0. The molecule has 0 unspecified atom stereocenters. The second kappa shape index (κ2) is 8.75. The van der Waals surface area contributed by atoms with E-state index in [1.165, 1.54) is 21.3 Å². The number of amides is 2. The molecule has 2 rings (SSSR count). The van der Waals surface area contributed by atoms with Crippen molar-refractivity contribution in [1.29, 1.82) is 0 Å². The number of benzene rings is 2. The summed E-state index contributed by atoms with van der Waals surface area (Å²) >= 11 is 0. The molecule has 138 valence electrons. The summed E-state index contributed by atoms with van der Waals surface area (Å²) in [5.41, 5.74) is 1.63. The maximum absolute atomic E-state index is 12.5. The predicted octanol–water partition coefficient (Wildman–Crippen LogP) is 3.31. The quantitative estimate of drug-likeness (QED) is 0.793. The van der Waals surface area contributed by atoms with Gasteiger partial charge in [-0.1, -0.05) is 6.92 Å². The molecule has 2 aromatic carbocycles. The Labute approximate surface area is 152 Å². The zero-order valence-electron chi connectivity index (χ0n) is 15.2. The third-order valence-electron chi connectivity index (χ3n) is 3.67. The Kier molecular flexibility index (Phi) is 6.43. The van der Waals surface area contributed by atoms with Crippen LogP contribution in [-0.4, -0.2) is 33.1 Å². The molecule has 0 aliphatic rings. The van der Waals surface area contributed by atoms with Gasteiger partial charge in [0.2, 0.25) is 11.7 Å². The molecular formula is C19H22N2O5. The molecule has 26 heavy (non-hydrogen) atoms. The van der Waals surface area contributed by atoms with Crippen LogP contribution < -0.4 is 24.8 Å². The first-order valence-electron chi connectivity index (χ1n) is 8.03. The first-order valence-corrected chi connectivity index (χ1v) is 8.03. The van der Waals surface area contributed by atoms with Crippen molar-refractivity contribution in [3.63, 3.8) is 0 Å². The second-order valence-corrected chi connectivity index (χ2v) is 5.35. The summed E-state index contributed by atoms with van der Waals surface area (Å²) in [4.78, 5) is 23.9. The standard InChI is InChI=1S/C19H22N2O5/c1-5-17(22)20-13-6-8-14(9-7-13)21-19(23)12-10-15(24-2)18(26-4)16(11-12)25-3/h6-11H,5H2,1-4H3,(H,20,22)(H,21,23). The van der Waals surface area contributed by atoms with Gasteiger partial charge in [0.05, 0.1) is 21.3 Å². The van der Waals surface area contributed by atoms with E-state index in [4.69, 9.17) is 14.2 Å². The Balaban J connectivity index is 2.18. The van der Waals surface area contributed by atoms with Crippen LogP contribution >= 0.6 is 0 Å². The van der Waals surface area contributed by atoms with E-state index in [-0.39, 0.29) is 11.8 Å². The van der Waals surface area contributed by atoms with Gasteiger partial charge >= 0.3 is 0 Å².